The van der Waals surface area contributed by atoms with E-state index in [1.807, 2.05) is 0 Å². The van der Waals surface area contributed by atoms with Crippen LogP contribution in [-0.2, 0) is 6.54 Å². The zero-order valence-electron chi connectivity index (χ0n) is 15.7. The summed E-state index contributed by atoms with van der Waals surface area (Å²) in [6.07, 6.45) is 14.2. The van der Waals surface area contributed by atoms with E-state index in [0.717, 1.165) is 11.0 Å². The molecule has 0 aliphatic rings. The minimum Gasteiger partial charge on any atom is -0.325 e. The molecule has 0 spiro atoms. The van der Waals surface area contributed by atoms with Crippen molar-refractivity contribution in [2.75, 3.05) is 20.6 Å². The number of halogens is 1. The molecule has 134 valence electrons. The van der Waals surface area contributed by atoms with E-state index in [9.17, 15) is 0 Å². The van der Waals surface area contributed by atoms with Crippen LogP contribution in [0.15, 0.2) is 30.3 Å². The highest BCUT2D eigenvalue weighted by Crippen LogP contribution is 2.13. The van der Waals surface area contributed by atoms with Gasteiger partial charge in [0.2, 0.25) is 0 Å². The fraction of sp³-hybridized carbons (Fsp3) is 0.714. The molecule has 1 aromatic rings. The van der Waals surface area contributed by atoms with Gasteiger partial charge in [0.05, 0.1) is 20.6 Å². The summed E-state index contributed by atoms with van der Waals surface area (Å²) in [4.78, 5) is 0. The molecule has 0 aliphatic heterocycles. The van der Waals surface area contributed by atoms with Gasteiger partial charge in [0.1, 0.15) is 6.54 Å². The Hall–Kier alpha value is -0.340. The largest absolute Gasteiger partial charge is 0.325 e. The Kier molecular flexibility index (Phi) is 13.8. The smallest absolute Gasteiger partial charge is 0.104 e. The van der Waals surface area contributed by atoms with Gasteiger partial charge >= 0.3 is 0 Å². The van der Waals surface area contributed by atoms with Crippen molar-refractivity contribution in [1.82, 2.24) is 0 Å². The van der Waals surface area contributed by atoms with E-state index in [1.165, 1.54) is 76.3 Å². The minimum atomic E-state index is 0. The number of unbranched alkanes of at least 4 members (excludes halogenated alkanes) is 9. The molecular weight excluding hydrogens is 346 g/mol. The van der Waals surface area contributed by atoms with Crippen molar-refractivity contribution in [2.45, 2.75) is 77.7 Å². The Bertz CT molecular complexity index is 361. The number of quaternary nitrogens is 1. The highest BCUT2D eigenvalue weighted by atomic mass is 79.9. The second kappa shape index (κ2) is 14.0. The molecule has 0 fully saturated rings. The Morgan fingerprint density at radius 1 is 0.696 bits per heavy atom. The molecule has 0 amide bonds. The first kappa shape index (κ1) is 22.7. The Morgan fingerprint density at radius 2 is 1.17 bits per heavy atom. The molecule has 1 rings (SSSR count). The fourth-order valence-corrected chi connectivity index (χ4v) is 3.18. The van der Waals surface area contributed by atoms with E-state index in [1.54, 1.807) is 0 Å². The quantitative estimate of drug-likeness (QED) is 0.260. The van der Waals surface area contributed by atoms with Crippen LogP contribution in [0, 0.1) is 0 Å². The third kappa shape index (κ3) is 12.7. The number of rotatable bonds is 13. The Labute approximate surface area is 155 Å². The van der Waals surface area contributed by atoms with Crippen LogP contribution in [0.25, 0.3) is 0 Å². The van der Waals surface area contributed by atoms with Crippen LogP contribution in [0.1, 0.15) is 76.7 Å². The third-order valence-electron chi connectivity index (χ3n) is 4.57. The van der Waals surface area contributed by atoms with Crippen LogP contribution in [0.3, 0.4) is 0 Å². The maximum Gasteiger partial charge on any atom is 0.104 e. The van der Waals surface area contributed by atoms with Gasteiger partial charge in [-0.25, -0.2) is 0 Å². The molecule has 0 saturated heterocycles. The second-order valence-electron chi connectivity index (χ2n) is 7.49. The monoisotopic (exact) mass is 384 g/mol. The summed E-state index contributed by atoms with van der Waals surface area (Å²) in [7, 11) is 4.72. The summed E-state index contributed by atoms with van der Waals surface area (Å²) < 4.78 is 1.11. The normalized spacial score (nSPS) is 11.3. The Morgan fingerprint density at radius 3 is 1.70 bits per heavy atom. The van der Waals surface area contributed by atoms with Crippen molar-refractivity contribution < 1.29 is 4.48 Å². The van der Waals surface area contributed by atoms with E-state index in [2.05, 4.69) is 51.4 Å². The van der Waals surface area contributed by atoms with Crippen molar-refractivity contribution >= 4 is 17.0 Å². The standard InChI is InChI=1S/C21H38N.BrH/c1-4-5-6-7-8-9-10-11-12-16-19-22(2,3)20-21-17-14-13-15-18-21;/h13-15,17-18H,4-12,16,19-20H2,1-3H3;1H/q+1;. The number of benzene rings is 1. The Balaban J connectivity index is 0.00000484. The molecular formula is C21H39BrN+. The maximum absolute atomic E-state index is 2.36. The van der Waals surface area contributed by atoms with Crippen molar-refractivity contribution in [3.63, 3.8) is 0 Å². The summed E-state index contributed by atoms with van der Waals surface area (Å²) in [5.41, 5.74) is 1.46. The first-order valence-corrected chi connectivity index (χ1v) is 9.50. The number of hydrogen-bond donors (Lipinski definition) is 0. The summed E-state index contributed by atoms with van der Waals surface area (Å²) in [5, 5.41) is 0. The van der Waals surface area contributed by atoms with Gasteiger partial charge in [-0.2, -0.15) is 0 Å². The molecule has 23 heavy (non-hydrogen) atoms. The second-order valence-corrected chi connectivity index (χ2v) is 7.49. The molecule has 0 radical (unpaired) electrons. The van der Waals surface area contributed by atoms with E-state index in [0.29, 0.717) is 0 Å². The number of hydrogen-bond acceptors (Lipinski definition) is 0. The first-order valence-electron chi connectivity index (χ1n) is 9.50. The van der Waals surface area contributed by atoms with Gasteiger partial charge in [0.25, 0.3) is 0 Å². The lowest BCUT2D eigenvalue weighted by Crippen LogP contribution is -2.39. The maximum atomic E-state index is 2.36. The van der Waals surface area contributed by atoms with Crippen LogP contribution in [-0.4, -0.2) is 25.1 Å². The molecule has 1 nitrogen and oxygen atoms in total. The zero-order valence-corrected chi connectivity index (χ0v) is 17.4. The van der Waals surface area contributed by atoms with E-state index >= 15 is 0 Å². The molecule has 0 aromatic heterocycles. The van der Waals surface area contributed by atoms with Gasteiger partial charge in [-0.15, -0.1) is 17.0 Å². The van der Waals surface area contributed by atoms with Crippen LogP contribution in [0.5, 0.6) is 0 Å². The molecule has 2 heteroatoms. The highest BCUT2D eigenvalue weighted by molar-refractivity contribution is 8.93. The van der Waals surface area contributed by atoms with Crippen LogP contribution in [0.2, 0.25) is 0 Å². The average molecular weight is 385 g/mol. The van der Waals surface area contributed by atoms with Gasteiger partial charge < -0.3 is 4.48 Å². The first-order chi connectivity index (χ1) is 10.6. The van der Waals surface area contributed by atoms with Gasteiger partial charge in [0, 0.05) is 5.56 Å². The number of nitrogens with zero attached hydrogens (tertiary/aromatic N) is 1. The van der Waals surface area contributed by atoms with Crippen LogP contribution >= 0.6 is 17.0 Å². The lowest BCUT2D eigenvalue weighted by molar-refractivity contribution is -0.903. The molecule has 0 atom stereocenters. The predicted octanol–water partition coefficient (Wildman–Crippen LogP) is 6.76. The third-order valence-corrected chi connectivity index (χ3v) is 4.57. The minimum absolute atomic E-state index is 0. The molecule has 0 heterocycles. The SMILES string of the molecule is Br.CCCCCCCCCCCC[N+](C)(C)Cc1ccccc1. The highest BCUT2D eigenvalue weighted by Gasteiger charge is 2.14. The van der Waals surface area contributed by atoms with Crippen molar-refractivity contribution in [3.8, 4) is 0 Å². The molecule has 0 aliphatic carbocycles. The van der Waals surface area contributed by atoms with E-state index < -0.39 is 0 Å². The summed E-state index contributed by atoms with van der Waals surface area (Å²) in [6.45, 7) is 4.74. The van der Waals surface area contributed by atoms with Crippen LogP contribution in [0.4, 0.5) is 0 Å². The fourth-order valence-electron chi connectivity index (χ4n) is 3.18. The summed E-state index contributed by atoms with van der Waals surface area (Å²) in [6, 6.07) is 10.9. The average Bonchev–Trinajstić information content (AvgIpc) is 2.49. The van der Waals surface area contributed by atoms with Crippen molar-refractivity contribution in [2.24, 2.45) is 0 Å². The van der Waals surface area contributed by atoms with Gasteiger partial charge in [-0.05, 0) is 12.8 Å². The topological polar surface area (TPSA) is 0 Å². The van der Waals surface area contributed by atoms with Crippen LogP contribution < -0.4 is 0 Å². The van der Waals surface area contributed by atoms with E-state index in [4.69, 9.17) is 0 Å². The molecule has 0 bridgehead atoms. The lowest BCUT2D eigenvalue weighted by atomic mass is 10.1. The van der Waals surface area contributed by atoms with E-state index in [-0.39, 0.29) is 17.0 Å². The van der Waals surface area contributed by atoms with Gasteiger partial charge in [0.15, 0.2) is 0 Å². The summed E-state index contributed by atoms with van der Waals surface area (Å²) in [5.74, 6) is 0. The van der Waals surface area contributed by atoms with Gasteiger partial charge in [-0.1, -0.05) is 88.6 Å². The molecule has 0 N–H and O–H groups in total. The molecule has 1 aromatic carbocycles. The molecule has 0 saturated carbocycles. The van der Waals surface area contributed by atoms with Crippen molar-refractivity contribution in [3.05, 3.63) is 35.9 Å². The van der Waals surface area contributed by atoms with Gasteiger partial charge in [-0.3, -0.25) is 0 Å². The van der Waals surface area contributed by atoms with Crippen molar-refractivity contribution in [1.29, 1.82) is 0 Å². The lowest BCUT2D eigenvalue weighted by Gasteiger charge is -2.30. The summed E-state index contributed by atoms with van der Waals surface area (Å²) >= 11 is 0. The predicted molar refractivity (Wildman–Crippen MR) is 109 cm³/mol. The zero-order chi connectivity index (χ0) is 16.1. The molecule has 0 unspecified atom stereocenters.